The number of nitrogens with one attached hydrogen (secondary N) is 1. The molecule has 0 aliphatic heterocycles. The van der Waals surface area contributed by atoms with Crippen LogP contribution < -0.4 is 15.6 Å². The maximum Gasteiger partial charge on any atom is 0.269 e. The zero-order valence-corrected chi connectivity index (χ0v) is 19.4. The van der Waals surface area contributed by atoms with Crippen LogP contribution in [-0.2, 0) is 6.42 Å². The van der Waals surface area contributed by atoms with Crippen molar-refractivity contribution in [2.45, 2.75) is 18.4 Å². The number of aromatic nitrogens is 3. The van der Waals surface area contributed by atoms with E-state index < -0.39 is 0 Å². The number of nitriles is 1. The summed E-state index contributed by atoms with van der Waals surface area (Å²) in [5.41, 5.74) is 2.81. The first-order valence-corrected chi connectivity index (χ1v) is 11.6. The summed E-state index contributed by atoms with van der Waals surface area (Å²) in [4.78, 5) is 22.9. The second-order valence-corrected chi connectivity index (χ2v) is 8.15. The van der Waals surface area contributed by atoms with Crippen molar-refractivity contribution in [1.29, 1.82) is 5.26 Å². The monoisotopic (exact) mass is 457 g/mol. The van der Waals surface area contributed by atoms with E-state index in [1.54, 1.807) is 18.6 Å². The smallest absolute Gasteiger partial charge is 0.269 e. The summed E-state index contributed by atoms with van der Waals surface area (Å²) in [6.07, 6.45) is 2.58. The Morgan fingerprint density at radius 3 is 2.48 bits per heavy atom. The third-order valence-corrected chi connectivity index (χ3v) is 6.02. The fraction of sp³-hybridized carbons (Fsp3) is 0.200. The minimum absolute atomic E-state index is 0.257. The number of hydrogen-bond acceptors (Lipinski definition) is 7. The van der Waals surface area contributed by atoms with Gasteiger partial charge in [0.25, 0.3) is 5.56 Å². The number of anilines is 1. The van der Waals surface area contributed by atoms with Crippen LogP contribution in [0.25, 0.3) is 16.6 Å². The van der Waals surface area contributed by atoms with Crippen molar-refractivity contribution in [3.05, 3.63) is 81.8 Å². The SMILES string of the molecule is COc1ccc(CCNc2nc3c(C#N)c(SC)nc(C)c3c(=O)n2-c2ccccc2)cc1. The first kappa shape index (κ1) is 22.4. The minimum atomic E-state index is -0.257. The highest BCUT2D eigenvalue weighted by atomic mass is 32.2. The second kappa shape index (κ2) is 9.76. The van der Waals surface area contributed by atoms with E-state index >= 15 is 0 Å². The summed E-state index contributed by atoms with van der Waals surface area (Å²) in [6.45, 7) is 2.33. The van der Waals surface area contributed by atoms with Gasteiger partial charge in [-0.2, -0.15) is 5.26 Å². The van der Waals surface area contributed by atoms with Crippen molar-refractivity contribution in [2.75, 3.05) is 25.2 Å². The zero-order valence-electron chi connectivity index (χ0n) is 18.6. The second-order valence-electron chi connectivity index (χ2n) is 7.35. The molecule has 0 unspecified atom stereocenters. The number of pyridine rings is 1. The molecule has 0 aliphatic rings. The molecule has 166 valence electrons. The number of fused-ring (bicyclic) bond motifs is 1. The van der Waals surface area contributed by atoms with Crippen LogP contribution in [0.1, 0.15) is 16.8 Å². The Morgan fingerprint density at radius 2 is 1.85 bits per heavy atom. The van der Waals surface area contributed by atoms with Gasteiger partial charge in [-0.05, 0) is 49.4 Å². The third-order valence-electron chi connectivity index (χ3n) is 5.34. The van der Waals surface area contributed by atoms with Crippen molar-refractivity contribution >= 4 is 28.6 Å². The quantitative estimate of drug-likeness (QED) is 0.413. The summed E-state index contributed by atoms with van der Waals surface area (Å²) < 4.78 is 6.76. The molecule has 2 aromatic heterocycles. The topological polar surface area (TPSA) is 92.8 Å². The Hall–Kier alpha value is -3.83. The number of ether oxygens (including phenoxy) is 1. The first-order valence-electron chi connectivity index (χ1n) is 10.4. The Bertz CT molecular complexity index is 1390. The van der Waals surface area contributed by atoms with Crippen molar-refractivity contribution in [3.63, 3.8) is 0 Å². The number of benzene rings is 2. The van der Waals surface area contributed by atoms with E-state index in [1.807, 2.05) is 60.9 Å². The predicted molar refractivity (Wildman–Crippen MR) is 132 cm³/mol. The third kappa shape index (κ3) is 4.41. The van der Waals surface area contributed by atoms with Gasteiger partial charge in [0.05, 0.1) is 23.9 Å². The fourth-order valence-electron chi connectivity index (χ4n) is 3.69. The summed E-state index contributed by atoms with van der Waals surface area (Å²) in [5.74, 6) is 1.19. The lowest BCUT2D eigenvalue weighted by atomic mass is 10.1. The van der Waals surface area contributed by atoms with Crippen molar-refractivity contribution < 1.29 is 4.74 Å². The van der Waals surface area contributed by atoms with Crippen molar-refractivity contribution in [2.24, 2.45) is 0 Å². The molecule has 0 spiro atoms. The number of para-hydroxylation sites is 1. The van der Waals surface area contributed by atoms with Crippen molar-refractivity contribution in [3.8, 4) is 17.5 Å². The first-order chi connectivity index (χ1) is 16.1. The minimum Gasteiger partial charge on any atom is -0.497 e. The normalized spacial score (nSPS) is 10.7. The molecule has 33 heavy (non-hydrogen) atoms. The number of methoxy groups -OCH3 is 1. The Balaban J connectivity index is 1.82. The molecule has 7 nitrogen and oxygen atoms in total. The number of hydrogen-bond donors (Lipinski definition) is 1. The highest BCUT2D eigenvalue weighted by molar-refractivity contribution is 7.98. The molecule has 8 heteroatoms. The maximum absolute atomic E-state index is 13.7. The lowest BCUT2D eigenvalue weighted by Gasteiger charge is -2.17. The van der Waals surface area contributed by atoms with Crippen LogP contribution in [0, 0.1) is 18.3 Å². The molecule has 0 saturated carbocycles. The van der Waals surface area contributed by atoms with Gasteiger partial charge in [-0.25, -0.2) is 14.5 Å². The van der Waals surface area contributed by atoms with Crippen LogP contribution in [0.15, 0.2) is 64.4 Å². The average Bonchev–Trinajstić information content (AvgIpc) is 2.84. The van der Waals surface area contributed by atoms with Gasteiger partial charge in [0.15, 0.2) is 0 Å². The molecule has 0 aliphatic carbocycles. The van der Waals surface area contributed by atoms with Gasteiger partial charge >= 0.3 is 0 Å². The van der Waals surface area contributed by atoms with Gasteiger partial charge in [-0.15, -0.1) is 11.8 Å². The average molecular weight is 458 g/mol. The number of thioether (sulfide) groups is 1. The van der Waals surface area contributed by atoms with E-state index in [2.05, 4.69) is 16.4 Å². The van der Waals surface area contributed by atoms with E-state index in [1.165, 1.54) is 11.8 Å². The molecule has 0 fully saturated rings. The van der Waals surface area contributed by atoms with E-state index in [-0.39, 0.29) is 5.56 Å². The van der Waals surface area contributed by atoms with Gasteiger partial charge in [0.1, 0.15) is 27.9 Å². The van der Waals surface area contributed by atoms with E-state index in [0.29, 0.717) is 45.4 Å². The van der Waals surface area contributed by atoms with Gasteiger partial charge in [-0.1, -0.05) is 30.3 Å². The molecule has 2 heterocycles. The fourth-order valence-corrected chi connectivity index (χ4v) is 4.26. The molecule has 0 radical (unpaired) electrons. The highest BCUT2D eigenvalue weighted by Gasteiger charge is 2.20. The highest BCUT2D eigenvalue weighted by Crippen LogP contribution is 2.27. The molecule has 1 N–H and O–H groups in total. The summed E-state index contributed by atoms with van der Waals surface area (Å²) >= 11 is 1.37. The maximum atomic E-state index is 13.7. The Kier molecular flexibility index (Phi) is 6.61. The van der Waals surface area contributed by atoms with Crippen LogP contribution >= 0.6 is 11.8 Å². The number of aryl methyl sites for hydroxylation is 1. The molecule has 0 amide bonds. The Morgan fingerprint density at radius 1 is 1.12 bits per heavy atom. The molecule has 4 rings (SSSR count). The van der Waals surface area contributed by atoms with Crippen LogP contribution in [-0.4, -0.2) is 34.4 Å². The van der Waals surface area contributed by atoms with E-state index in [4.69, 9.17) is 9.72 Å². The van der Waals surface area contributed by atoms with Gasteiger partial charge in [0.2, 0.25) is 5.95 Å². The van der Waals surface area contributed by atoms with Crippen LogP contribution in [0.3, 0.4) is 0 Å². The predicted octanol–water partition coefficient (Wildman–Crippen LogP) is 4.35. The molecule has 0 bridgehead atoms. The molecular weight excluding hydrogens is 434 g/mol. The summed E-state index contributed by atoms with van der Waals surface area (Å²) in [5, 5.41) is 14.0. The lowest BCUT2D eigenvalue weighted by molar-refractivity contribution is 0.414. The summed E-state index contributed by atoms with van der Waals surface area (Å²) in [7, 11) is 1.64. The van der Waals surface area contributed by atoms with Crippen LogP contribution in [0.4, 0.5) is 5.95 Å². The summed E-state index contributed by atoms with van der Waals surface area (Å²) in [6, 6.07) is 19.4. The van der Waals surface area contributed by atoms with E-state index in [0.717, 1.165) is 17.7 Å². The van der Waals surface area contributed by atoms with Crippen LogP contribution in [0.2, 0.25) is 0 Å². The molecule has 4 aromatic rings. The van der Waals surface area contributed by atoms with Crippen LogP contribution in [0.5, 0.6) is 5.75 Å². The molecule has 0 atom stereocenters. The van der Waals surface area contributed by atoms with Gasteiger partial charge in [-0.3, -0.25) is 4.79 Å². The number of rotatable bonds is 7. The molecular formula is C25H23N5O2S. The number of nitrogens with zero attached hydrogens (tertiary/aromatic N) is 4. The van der Waals surface area contributed by atoms with E-state index in [9.17, 15) is 10.1 Å². The van der Waals surface area contributed by atoms with Gasteiger partial charge in [0, 0.05) is 6.54 Å². The molecule has 0 saturated heterocycles. The lowest BCUT2D eigenvalue weighted by Crippen LogP contribution is -2.26. The van der Waals surface area contributed by atoms with Crippen molar-refractivity contribution in [1.82, 2.24) is 14.5 Å². The zero-order chi connectivity index (χ0) is 23.4. The van der Waals surface area contributed by atoms with Gasteiger partial charge < -0.3 is 10.1 Å². The molecule has 2 aromatic carbocycles. The Labute approximate surface area is 196 Å². The standard InChI is InChI=1S/C25H23N5O2S/c1-16-21-22(20(15-26)23(28-16)33-3)29-25(30(24(21)31)18-7-5-4-6-8-18)27-14-13-17-9-11-19(32-2)12-10-17/h4-12H,13-14H2,1-3H3,(H,27,29). The largest absolute Gasteiger partial charge is 0.497 e.